The first-order valence-corrected chi connectivity index (χ1v) is 17.4. The fourth-order valence-corrected chi connectivity index (χ4v) is 7.87. The molecular weight excluding hydrogens is 628 g/mol. The third-order valence-corrected chi connectivity index (χ3v) is 10.3. The molecule has 2 aliphatic heterocycles. The molecule has 250 valence electrons. The van der Waals surface area contributed by atoms with Crippen molar-refractivity contribution in [1.29, 1.82) is 0 Å². The number of halogens is 1. The number of morpholine rings is 1. The number of allylic oxidation sites excluding steroid dienone is 1. The van der Waals surface area contributed by atoms with Gasteiger partial charge in [-0.2, -0.15) is 0 Å². The van der Waals surface area contributed by atoms with Crippen molar-refractivity contribution in [3.8, 4) is 0 Å². The number of amides is 2. The second-order valence-electron chi connectivity index (χ2n) is 14.3. The molecule has 0 radical (unpaired) electrons. The van der Waals surface area contributed by atoms with E-state index in [4.69, 9.17) is 14.5 Å². The van der Waals surface area contributed by atoms with E-state index in [-0.39, 0.29) is 29.3 Å². The molecular formula is C38H41FN4O4S. The van der Waals surface area contributed by atoms with Gasteiger partial charge >= 0.3 is 6.09 Å². The predicted molar refractivity (Wildman–Crippen MR) is 187 cm³/mol. The molecule has 7 rings (SSSR count). The average Bonchev–Trinajstić information content (AvgIpc) is 3.50. The van der Waals surface area contributed by atoms with Gasteiger partial charge in [-0.1, -0.05) is 42.0 Å². The minimum atomic E-state index is -0.519. The normalized spacial score (nSPS) is 17.9. The van der Waals surface area contributed by atoms with Crippen molar-refractivity contribution in [2.24, 2.45) is 5.41 Å². The van der Waals surface area contributed by atoms with Crippen LogP contribution in [0, 0.1) is 11.2 Å². The highest BCUT2D eigenvalue weighted by Gasteiger charge is 2.53. The number of rotatable bonds is 6. The standard InChI is InChI=1S/C38H41FN4O4S/c1-24(40-35(44)30-19-32(42-14-16-46-17-15-42)41-31-13-18-48-34(30)31)25-5-7-26(8-6-25)33(27-9-11-29(39)12-10-27)28-20-38(21-28)22-43(23-38)36(45)47-37(2,3)4/h5-13,18-19,24H,14-17,20-23H2,1-4H3,(H,40,44)/t24-/m1/s1. The van der Waals surface area contributed by atoms with Crippen molar-refractivity contribution in [2.45, 2.75) is 52.2 Å². The van der Waals surface area contributed by atoms with Crippen molar-refractivity contribution in [3.63, 3.8) is 0 Å². The molecule has 4 heterocycles. The summed E-state index contributed by atoms with van der Waals surface area (Å²) in [5.74, 6) is 0.391. The lowest BCUT2D eigenvalue weighted by atomic mass is 9.59. The van der Waals surface area contributed by atoms with Crippen molar-refractivity contribution in [3.05, 3.63) is 99.7 Å². The number of nitrogens with one attached hydrogen (secondary N) is 1. The number of likely N-dealkylation sites (tertiary alicyclic amines) is 1. The lowest BCUT2D eigenvalue weighted by molar-refractivity contribution is -0.0500. The molecule has 0 bridgehead atoms. The lowest BCUT2D eigenvalue weighted by Crippen LogP contribution is -2.62. The fraction of sp³-hybridized carbons (Fsp3) is 0.395. The van der Waals surface area contributed by atoms with Crippen LogP contribution in [0.3, 0.4) is 0 Å². The van der Waals surface area contributed by atoms with Gasteiger partial charge in [-0.15, -0.1) is 11.3 Å². The highest BCUT2D eigenvalue weighted by molar-refractivity contribution is 7.17. The average molecular weight is 669 g/mol. The Morgan fingerprint density at radius 3 is 2.29 bits per heavy atom. The summed E-state index contributed by atoms with van der Waals surface area (Å²) in [7, 11) is 0. The summed E-state index contributed by atoms with van der Waals surface area (Å²) in [5, 5.41) is 5.18. The summed E-state index contributed by atoms with van der Waals surface area (Å²) < 4.78 is 25.9. The second kappa shape index (κ2) is 12.6. The Balaban J connectivity index is 1.08. The van der Waals surface area contributed by atoms with Crippen molar-refractivity contribution < 1.29 is 23.5 Å². The number of hydrogen-bond acceptors (Lipinski definition) is 7. The van der Waals surface area contributed by atoms with Crippen LogP contribution in [0.4, 0.5) is 15.0 Å². The Kier molecular flexibility index (Phi) is 8.49. The predicted octanol–water partition coefficient (Wildman–Crippen LogP) is 7.60. The first-order valence-electron chi connectivity index (χ1n) is 16.6. The number of carbonyl (C=O) groups excluding carboxylic acids is 2. The number of anilines is 1. The van der Waals surface area contributed by atoms with Crippen LogP contribution in [-0.2, 0) is 9.47 Å². The number of hydrogen-bond donors (Lipinski definition) is 1. The van der Waals surface area contributed by atoms with Crippen LogP contribution in [0.2, 0.25) is 0 Å². The summed E-state index contributed by atoms with van der Waals surface area (Å²) in [6.07, 6.45) is 1.49. The van der Waals surface area contributed by atoms with E-state index in [1.54, 1.807) is 4.90 Å². The summed E-state index contributed by atoms with van der Waals surface area (Å²) in [4.78, 5) is 35.0. The van der Waals surface area contributed by atoms with E-state index < -0.39 is 5.60 Å². The van der Waals surface area contributed by atoms with Crippen LogP contribution in [0.5, 0.6) is 0 Å². The zero-order valence-electron chi connectivity index (χ0n) is 27.8. The number of nitrogens with zero attached hydrogens (tertiary/aromatic N) is 3. The van der Waals surface area contributed by atoms with Gasteiger partial charge in [-0.25, -0.2) is 14.2 Å². The van der Waals surface area contributed by atoms with Crippen LogP contribution in [-0.4, -0.2) is 66.9 Å². The maximum absolute atomic E-state index is 13.9. The second-order valence-corrected chi connectivity index (χ2v) is 15.2. The van der Waals surface area contributed by atoms with Crippen LogP contribution >= 0.6 is 11.3 Å². The van der Waals surface area contributed by atoms with Gasteiger partial charge in [0.25, 0.3) is 5.91 Å². The number of ether oxygens (including phenoxy) is 2. The Morgan fingerprint density at radius 1 is 1.00 bits per heavy atom. The molecule has 3 aliphatic rings. The molecule has 48 heavy (non-hydrogen) atoms. The van der Waals surface area contributed by atoms with Crippen LogP contribution in [0.15, 0.2) is 71.6 Å². The van der Waals surface area contributed by atoms with E-state index in [1.165, 1.54) is 29.0 Å². The van der Waals surface area contributed by atoms with Crippen molar-refractivity contribution in [1.82, 2.24) is 15.2 Å². The molecule has 8 nitrogen and oxygen atoms in total. The van der Waals surface area contributed by atoms with E-state index in [0.29, 0.717) is 31.9 Å². The zero-order valence-corrected chi connectivity index (χ0v) is 28.7. The molecule has 1 atom stereocenters. The maximum Gasteiger partial charge on any atom is 0.410 e. The fourth-order valence-electron chi connectivity index (χ4n) is 7.03. The summed E-state index contributed by atoms with van der Waals surface area (Å²) in [6, 6.07) is 18.6. The Hall–Kier alpha value is -4.28. The number of carbonyl (C=O) groups is 2. The molecule has 1 spiro atoms. The van der Waals surface area contributed by atoms with Gasteiger partial charge in [0.05, 0.1) is 35.0 Å². The van der Waals surface area contributed by atoms with E-state index >= 15 is 0 Å². The quantitative estimate of drug-likeness (QED) is 0.228. The van der Waals surface area contributed by atoms with E-state index in [1.807, 2.05) is 57.3 Å². The number of fused-ring (bicyclic) bond motifs is 1. The van der Waals surface area contributed by atoms with Gasteiger partial charge < -0.3 is 24.6 Å². The third kappa shape index (κ3) is 6.56. The van der Waals surface area contributed by atoms with Crippen molar-refractivity contribution in [2.75, 3.05) is 44.3 Å². The van der Waals surface area contributed by atoms with Gasteiger partial charge in [-0.3, -0.25) is 4.79 Å². The monoisotopic (exact) mass is 668 g/mol. The molecule has 2 aromatic heterocycles. The molecule has 0 unspecified atom stereocenters. The number of aromatic nitrogens is 1. The highest BCUT2D eigenvalue weighted by Crippen LogP contribution is 2.55. The molecule has 10 heteroatoms. The van der Waals surface area contributed by atoms with E-state index in [0.717, 1.165) is 64.2 Å². The smallest absolute Gasteiger partial charge is 0.410 e. The number of pyridine rings is 1. The van der Waals surface area contributed by atoms with Crippen LogP contribution in [0.1, 0.15) is 73.6 Å². The molecule has 1 saturated carbocycles. The third-order valence-electron chi connectivity index (χ3n) is 9.39. The van der Waals surface area contributed by atoms with E-state index in [2.05, 4.69) is 34.5 Å². The molecule has 3 fully saturated rings. The van der Waals surface area contributed by atoms with Gasteiger partial charge in [0, 0.05) is 31.6 Å². The molecule has 2 saturated heterocycles. The highest BCUT2D eigenvalue weighted by atomic mass is 32.1. The zero-order chi connectivity index (χ0) is 33.6. The Bertz CT molecular complexity index is 1860. The van der Waals surface area contributed by atoms with Gasteiger partial charge in [0.2, 0.25) is 0 Å². The molecule has 2 aromatic carbocycles. The Labute approximate surface area is 284 Å². The molecule has 1 N–H and O–H groups in total. The molecule has 4 aromatic rings. The summed E-state index contributed by atoms with van der Waals surface area (Å²) >= 11 is 1.52. The Morgan fingerprint density at radius 2 is 1.65 bits per heavy atom. The number of thiophene rings is 1. The SMILES string of the molecule is C[C@@H](NC(=O)c1cc(N2CCOCC2)nc2ccsc12)c1ccc(C(=C2CC3(C2)CN(C(=O)OC(C)(C)C)C3)c2ccc(F)cc2)cc1. The van der Waals surface area contributed by atoms with E-state index in [9.17, 15) is 14.0 Å². The summed E-state index contributed by atoms with van der Waals surface area (Å²) in [6.45, 7) is 11.8. The first-order chi connectivity index (χ1) is 23.0. The van der Waals surface area contributed by atoms with Crippen molar-refractivity contribution >= 4 is 44.9 Å². The first kappa shape index (κ1) is 32.3. The summed E-state index contributed by atoms with van der Waals surface area (Å²) in [5.41, 5.74) is 6.40. The molecule has 2 amide bonds. The van der Waals surface area contributed by atoms with Gasteiger partial charge in [0.15, 0.2) is 0 Å². The number of benzene rings is 2. The van der Waals surface area contributed by atoms with Gasteiger partial charge in [0.1, 0.15) is 17.2 Å². The molecule has 1 aliphatic carbocycles. The lowest BCUT2D eigenvalue weighted by Gasteiger charge is -2.57. The van der Waals surface area contributed by atoms with Crippen LogP contribution in [0.25, 0.3) is 15.8 Å². The topological polar surface area (TPSA) is 84.0 Å². The minimum absolute atomic E-state index is 0.0683. The van der Waals surface area contributed by atoms with Gasteiger partial charge in [-0.05, 0) is 92.4 Å². The minimum Gasteiger partial charge on any atom is -0.444 e. The largest absolute Gasteiger partial charge is 0.444 e. The van der Waals surface area contributed by atoms with Crippen LogP contribution < -0.4 is 10.2 Å². The maximum atomic E-state index is 13.9.